The third-order valence-corrected chi connectivity index (χ3v) is 2.52. The van der Waals surface area contributed by atoms with E-state index in [1.54, 1.807) is 0 Å². The maximum Gasteiger partial charge on any atom is 0.328 e. The predicted octanol–water partition coefficient (Wildman–Crippen LogP) is 0.481. The van der Waals surface area contributed by atoms with Gasteiger partial charge in [-0.05, 0) is 19.3 Å². The zero-order valence-corrected chi connectivity index (χ0v) is 9.82. The predicted molar refractivity (Wildman–Crippen MR) is 57.8 cm³/mol. The number of carbonyl (C=O) groups excluding carboxylic acids is 2. The standard InChI is InChI=1S/C11H19NO4/c1-3-16-7-10(13)12-9(11(14)15-2)6-8-4-5-8/h8-9H,3-7H2,1-2H3,(H,12,13)/t9-/m1/s1. The molecule has 1 fully saturated rings. The Bertz CT molecular complexity index is 250. The fourth-order valence-electron chi connectivity index (χ4n) is 1.47. The van der Waals surface area contributed by atoms with Gasteiger partial charge in [-0.1, -0.05) is 12.8 Å². The molecule has 0 unspecified atom stereocenters. The van der Waals surface area contributed by atoms with Crippen molar-refractivity contribution in [2.75, 3.05) is 20.3 Å². The zero-order valence-electron chi connectivity index (χ0n) is 9.82. The van der Waals surface area contributed by atoms with Crippen LogP contribution < -0.4 is 5.32 Å². The third kappa shape index (κ3) is 4.61. The summed E-state index contributed by atoms with van der Waals surface area (Å²) in [7, 11) is 1.33. The SMILES string of the molecule is CCOCC(=O)N[C@H](CC1CC1)C(=O)OC. The van der Waals surface area contributed by atoms with Crippen molar-refractivity contribution in [1.29, 1.82) is 0 Å². The molecule has 0 saturated heterocycles. The van der Waals surface area contributed by atoms with Crippen LogP contribution >= 0.6 is 0 Å². The smallest absolute Gasteiger partial charge is 0.328 e. The summed E-state index contributed by atoms with van der Waals surface area (Å²) in [5.74, 6) is -0.0915. The number of esters is 1. The van der Waals surface area contributed by atoms with Crippen LogP contribution in [0.3, 0.4) is 0 Å². The summed E-state index contributed by atoms with van der Waals surface area (Å²) in [5.41, 5.74) is 0. The van der Waals surface area contributed by atoms with Gasteiger partial charge in [-0.3, -0.25) is 4.79 Å². The molecule has 16 heavy (non-hydrogen) atoms. The van der Waals surface area contributed by atoms with Gasteiger partial charge < -0.3 is 14.8 Å². The minimum Gasteiger partial charge on any atom is -0.467 e. The first-order chi connectivity index (χ1) is 7.67. The number of rotatable bonds is 7. The highest BCUT2D eigenvalue weighted by molar-refractivity contribution is 5.85. The number of hydrogen-bond donors (Lipinski definition) is 1. The summed E-state index contributed by atoms with van der Waals surface area (Å²) in [4.78, 5) is 22.8. The molecular weight excluding hydrogens is 210 g/mol. The molecule has 1 rings (SSSR count). The number of amides is 1. The lowest BCUT2D eigenvalue weighted by Crippen LogP contribution is -2.43. The van der Waals surface area contributed by atoms with E-state index in [1.807, 2.05) is 6.92 Å². The van der Waals surface area contributed by atoms with Gasteiger partial charge in [0, 0.05) is 6.61 Å². The Kier molecular flexibility index (Phi) is 5.25. The first kappa shape index (κ1) is 13.0. The molecular formula is C11H19NO4. The Morgan fingerprint density at radius 3 is 2.62 bits per heavy atom. The van der Waals surface area contributed by atoms with Crippen molar-refractivity contribution in [3.8, 4) is 0 Å². The molecule has 0 aliphatic heterocycles. The Morgan fingerprint density at radius 1 is 1.44 bits per heavy atom. The van der Waals surface area contributed by atoms with Crippen molar-refractivity contribution in [1.82, 2.24) is 5.32 Å². The average molecular weight is 229 g/mol. The van der Waals surface area contributed by atoms with E-state index in [1.165, 1.54) is 7.11 Å². The minimum absolute atomic E-state index is 0.00530. The Labute approximate surface area is 95.5 Å². The minimum atomic E-state index is -0.523. The summed E-state index contributed by atoms with van der Waals surface area (Å²) < 4.78 is 9.62. The molecule has 0 heterocycles. The van der Waals surface area contributed by atoms with E-state index in [-0.39, 0.29) is 18.5 Å². The fraction of sp³-hybridized carbons (Fsp3) is 0.818. The Morgan fingerprint density at radius 2 is 2.12 bits per heavy atom. The Balaban J connectivity index is 2.35. The van der Waals surface area contributed by atoms with Crippen molar-refractivity contribution < 1.29 is 19.1 Å². The normalized spacial score (nSPS) is 16.6. The first-order valence-corrected chi connectivity index (χ1v) is 5.62. The van der Waals surface area contributed by atoms with E-state index in [2.05, 4.69) is 10.1 Å². The molecule has 1 N–H and O–H groups in total. The number of methoxy groups -OCH3 is 1. The molecule has 1 aliphatic rings. The summed E-state index contributed by atoms with van der Waals surface area (Å²) >= 11 is 0. The van der Waals surface area contributed by atoms with Crippen LogP contribution in [0.15, 0.2) is 0 Å². The number of nitrogens with one attached hydrogen (secondary N) is 1. The average Bonchev–Trinajstić information content (AvgIpc) is 3.08. The fourth-order valence-corrected chi connectivity index (χ4v) is 1.47. The van der Waals surface area contributed by atoms with Gasteiger partial charge >= 0.3 is 5.97 Å². The molecule has 0 aromatic heterocycles. The topological polar surface area (TPSA) is 64.6 Å². The maximum atomic E-state index is 11.4. The lowest BCUT2D eigenvalue weighted by Gasteiger charge is -2.15. The second kappa shape index (κ2) is 6.48. The van der Waals surface area contributed by atoms with Gasteiger partial charge in [0.05, 0.1) is 7.11 Å². The van der Waals surface area contributed by atoms with E-state index in [9.17, 15) is 9.59 Å². The first-order valence-electron chi connectivity index (χ1n) is 5.62. The molecule has 1 saturated carbocycles. The van der Waals surface area contributed by atoms with E-state index in [0.29, 0.717) is 18.9 Å². The van der Waals surface area contributed by atoms with Crippen LogP contribution in [0.25, 0.3) is 0 Å². The van der Waals surface area contributed by atoms with E-state index < -0.39 is 6.04 Å². The molecule has 0 aromatic rings. The van der Waals surface area contributed by atoms with Gasteiger partial charge in [0.1, 0.15) is 12.6 Å². The largest absolute Gasteiger partial charge is 0.467 e. The molecule has 0 aromatic carbocycles. The summed E-state index contributed by atoms with van der Waals surface area (Å²) in [6.45, 7) is 2.29. The van der Waals surface area contributed by atoms with Gasteiger partial charge in [0.2, 0.25) is 5.91 Å². The van der Waals surface area contributed by atoms with Gasteiger partial charge in [0.15, 0.2) is 0 Å². The molecule has 0 spiro atoms. The molecule has 1 aliphatic carbocycles. The molecule has 1 atom stereocenters. The van der Waals surface area contributed by atoms with Crippen LogP contribution in [-0.4, -0.2) is 38.2 Å². The molecule has 0 radical (unpaired) electrons. The maximum absolute atomic E-state index is 11.4. The van der Waals surface area contributed by atoms with Crippen molar-refractivity contribution >= 4 is 11.9 Å². The van der Waals surface area contributed by atoms with Crippen molar-refractivity contribution in [3.63, 3.8) is 0 Å². The number of carbonyl (C=O) groups is 2. The number of hydrogen-bond acceptors (Lipinski definition) is 4. The van der Waals surface area contributed by atoms with Gasteiger partial charge in [-0.25, -0.2) is 4.79 Å². The molecule has 5 nitrogen and oxygen atoms in total. The summed E-state index contributed by atoms with van der Waals surface area (Å²) in [5, 5.41) is 2.64. The van der Waals surface area contributed by atoms with Gasteiger partial charge in [-0.15, -0.1) is 0 Å². The van der Waals surface area contributed by atoms with Crippen molar-refractivity contribution in [3.05, 3.63) is 0 Å². The molecule has 1 amide bonds. The van der Waals surface area contributed by atoms with Crippen LogP contribution in [0.5, 0.6) is 0 Å². The van der Waals surface area contributed by atoms with Crippen LogP contribution in [0.2, 0.25) is 0 Å². The second-order valence-electron chi connectivity index (χ2n) is 3.96. The molecule has 92 valence electrons. The van der Waals surface area contributed by atoms with Crippen molar-refractivity contribution in [2.45, 2.75) is 32.2 Å². The van der Waals surface area contributed by atoms with Gasteiger partial charge in [-0.2, -0.15) is 0 Å². The summed E-state index contributed by atoms with van der Waals surface area (Å²) in [6.07, 6.45) is 2.94. The van der Waals surface area contributed by atoms with Gasteiger partial charge in [0.25, 0.3) is 0 Å². The molecule has 5 heteroatoms. The third-order valence-electron chi connectivity index (χ3n) is 2.52. The lowest BCUT2D eigenvalue weighted by molar-refractivity contribution is -0.146. The quantitative estimate of drug-likeness (QED) is 0.645. The number of ether oxygens (including phenoxy) is 2. The van der Waals surface area contributed by atoms with E-state index in [4.69, 9.17) is 4.74 Å². The Hall–Kier alpha value is -1.10. The van der Waals surface area contributed by atoms with Crippen LogP contribution in [-0.2, 0) is 19.1 Å². The zero-order chi connectivity index (χ0) is 12.0. The highest BCUT2D eigenvalue weighted by atomic mass is 16.5. The van der Waals surface area contributed by atoms with Crippen LogP contribution in [0.1, 0.15) is 26.2 Å². The van der Waals surface area contributed by atoms with E-state index >= 15 is 0 Å². The molecule has 0 bridgehead atoms. The highest BCUT2D eigenvalue weighted by Crippen LogP contribution is 2.33. The summed E-state index contributed by atoms with van der Waals surface area (Å²) in [6, 6.07) is -0.523. The highest BCUT2D eigenvalue weighted by Gasteiger charge is 2.30. The van der Waals surface area contributed by atoms with Crippen LogP contribution in [0.4, 0.5) is 0 Å². The van der Waals surface area contributed by atoms with Crippen molar-refractivity contribution in [2.24, 2.45) is 5.92 Å². The van der Waals surface area contributed by atoms with Crippen LogP contribution in [0, 0.1) is 5.92 Å². The monoisotopic (exact) mass is 229 g/mol. The second-order valence-corrected chi connectivity index (χ2v) is 3.96. The van der Waals surface area contributed by atoms with E-state index in [0.717, 1.165) is 12.8 Å². The lowest BCUT2D eigenvalue weighted by atomic mass is 10.1.